The lowest BCUT2D eigenvalue weighted by Crippen LogP contribution is -2.36. The largest absolute Gasteiger partial charge is 0.356 e. The van der Waals surface area contributed by atoms with Crippen molar-refractivity contribution in [2.24, 2.45) is 0 Å². The van der Waals surface area contributed by atoms with Crippen LogP contribution < -0.4 is 5.32 Å². The van der Waals surface area contributed by atoms with Crippen LogP contribution in [0.15, 0.2) is 0 Å². The molecule has 26 heavy (non-hydrogen) atoms. The lowest BCUT2D eigenvalue weighted by Gasteiger charge is -2.18. The van der Waals surface area contributed by atoms with E-state index < -0.39 is 0 Å². The van der Waals surface area contributed by atoms with Gasteiger partial charge >= 0.3 is 0 Å². The minimum absolute atomic E-state index is 0.159. The molecular weight excluding hydrogens is 336 g/mol. The standard InChI is InChI=1S/C23H46N2S/c1-4-5-6-7-8-9-10-11-12-13-14-15-16-17-18-19-20-25-21-23(2,3)24-22(25)26/h4-21H2,1-3H3,(H,24,26). The summed E-state index contributed by atoms with van der Waals surface area (Å²) in [5.74, 6) is 0. The predicted octanol–water partition coefficient (Wildman–Crippen LogP) is 7.22. The second-order valence-corrected chi connectivity index (χ2v) is 9.43. The zero-order valence-electron chi connectivity index (χ0n) is 18.1. The number of nitrogens with one attached hydrogen (secondary N) is 1. The van der Waals surface area contributed by atoms with Gasteiger partial charge in [-0.3, -0.25) is 0 Å². The number of hydrogen-bond donors (Lipinski definition) is 1. The second kappa shape index (κ2) is 14.7. The number of thiocarbonyl (C=S) groups is 1. The van der Waals surface area contributed by atoms with E-state index in [1.54, 1.807) is 0 Å². The third-order valence-corrected chi connectivity index (χ3v) is 5.96. The van der Waals surface area contributed by atoms with Crippen molar-refractivity contribution in [2.45, 2.75) is 129 Å². The molecular formula is C23H46N2S. The number of rotatable bonds is 17. The van der Waals surface area contributed by atoms with E-state index >= 15 is 0 Å². The SMILES string of the molecule is CCCCCCCCCCCCCCCCCCN1CC(C)(C)NC1=S. The topological polar surface area (TPSA) is 15.3 Å². The van der Waals surface area contributed by atoms with E-state index in [-0.39, 0.29) is 5.54 Å². The highest BCUT2D eigenvalue weighted by atomic mass is 32.1. The van der Waals surface area contributed by atoms with Crippen LogP contribution in [0, 0.1) is 0 Å². The zero-order valence-corrected chi connectivity index (χ0v) is 18.9. The van der Waals surface area contributed by atoms with E-state index in [4.69, 9.17) is 12.2 Å². The van der Waals surface area contributed by atoms with E-state index in [9.17, 15) is 0 Å². The van der Waals surface area contributed by atoms with Crippen molar-refractivity contribution < 1.29 is 0 Å². The molecule has 0 bridgehead atoms. The van der Waals surface area contributed by atoms with Gasteiger partial charge in [0.15, 0.2) is 5.11 Å². The minimum Gasteiger partial charge on any atom is -0.356 e. The summed E-state index contributed by atoms with van der Waals surface area (Å²) in [6.07, 6.45) is 22.9. The highest BCUT2D eigenvalue weighted by molar-refractivity contribution is 7.80. The predicted molar refractivity (Wildman–Crippen MR) is 121 cm³/mol. The molecule has 1 aliphatic heterocycles. The van der Waals surface area contributed by atoms with Gasteiger partial charge in [-0.2, -0.15) is 0 Å². The van der Waals surface area contributed by atoms with Crippen LogP contribution in [0.4, 0.5) is 0 Å². The van der Waals surface area contributed by atoms with Crippen LogP contribution in [-0.4, -0.2) is 28.6 Å². The van der Waals surface area contributed by atoms with Gasteiger partial charge in [0.1, 0.15) is 0 Å². The Balaban J connectivity index is 1.76. The van der Waals surface area contributed by atoms with Crippen LogP contribution in [0.2, 0.25) is 0 Å². The molecule has 0 aliphatic carbocycles. The van der Waals surface area contributed by atoms with Crippen LogP contribution in [0.1, 0.15) is 124 Å². The third-order valence-electron chi connectivity index (χ3n) is 5.60. The molecule has 0 aromatic rings. The fourth-order valence-electron chi connectivity index (χ4n) is 3.99. The van der Waals surface area contributed by atoms with Crippen molar-refractivity contribution in [2.75, 3.05) is 13.1 Å². The first-order chi connectivity index (χ1) is 12.5. The average molecular weight is 383 g/mol. The maximum Gasteiger partial charge on any atom is 0.169 e. The highest BCUT2D eigenvalue weighted by Crippen LogP contribution is 2.17. The van der Waals surface area contributed by atoms with Crippen LogP contribution in [0.25, 0.3) is 0 Å². The normalized spacial score (nSPS) is 16.3. The van der Waals surface area contributed by atoms with Gasteiger partial charge in [0.2, 0.25) is 0 Å². The molecule has 0 atom stereocenters. The van der Waals surface area contributed by atoms with Gasteiger partial charge in [-0.25, -0.2) is 0 Å². The Labute approximate surface area is 169 Å². The molecule has 0 spiro atoms. The number of unbranched alkanes of at least 4 members (excludes halogenated alkanes) is 15. The average Bonchev–Trinajstić information content (AvgIpc) is 2.86. The fraction of sp³-hybridized carbons (Fsp3) is 0.957. The van der Waals surface area contributed by atoms with Gasteiger partial charge in [0, 0.05) is 13.1 Å². The van der Waals surface area contributed by atoms with Crippen molar-refractivity contribution in [3.05, 3.63) is 0 Å². The molecule has 2 nitrogen and oxygen atoms in total. The van der Waals surface area contributed by atoms with E-state index in [2.05, 4.69) is 31.0 Å². The number of hydrogen-bond acceptors (Lipinski definition) is 1. The van der Waals surface area contributed by atoms with Gasteiger partial charge in [0.05, 0.1) is 5.54 Å². The van der Waals surface area contributed by atoms with Crippen molar-refractivity contribution in [3.8, 4) is 0 Å². The Bertz CT molecular complexity index is 354. The Morgan fingerprint density at radius 1 is 0.731 bits per heavy atom. The smallest absolute Gasteiger partial charge is 0.169 e. The van der Waals surface area contributed by atoms with Gasteiger partial charge in [-0.05, 0) is 32.5 Å². The Morgan fingerprint density at radius 2 is 1.12 bits per heavy atom. The van der Waals surface area contributed by atoms with Crippen LogP contribution in [-0.2, 0) is 0 Å². The van der Waals surface area contributed by atoms with E-state index in [0.29, 0.717) is 0 Å². The molecule has 1 aliphatic rings. The van der Waals surface area contributed by atoms with Crippen molar-refractivity contribution in [1.29, 1.82) is 0 Å². The lowest BCUT2D eigenvalue weighted by molar-refractivity contribution is 0.369. The van der Waals surface area contributed by atoms with Crippen LogP contribution in [0.5, 0.6) is 0 Å². The molecule has 0 aromatic heterocycles. The van der Waals surface area contributed by atoms with Gasteiger partial charge in [-0.1, -0.05) is 103 Å². The summed E-state index contributed by atoms with van der Waals surface area (Å²) in [5, 5.41) is 4.36. The summed E-state index contributed by atoms with van der Waals surface area (Å²) in [6.45, 7) is 8.95. The molecule has 0 amide bonds. The van der Waals surface area contributed by atoms with Crippen LogP contribution in [0.3, 0.4) is 0 Å². The van der Waals surface area contributed by atoms with E-state index in [1.807, 2.05) is 0 Å². The molecule has 1 fully saturated rings. The molecule has 1 rings (SSSR count). The molecule has 1 N–H and O–H groups in total. The summed E-state index contributed by atoms with van der Waals surface area (Å²) in [5.41, 5.74) is 0.159. The quantitative estimate of drug-likeness (QED) is 0.211. The van der Waals surface area contributed by atoms with Crippen LogP contribution >= 0.6 is 12.2 Å². The maximum atomic E-state index is 5.41. The first kappa shape index (κ1) is 23.7. The van der Waals surface area contributed by atoms with Crippen molar-refractivity contribution in [3.63, 3.8) is 0 Å². The third kappa shape index (κ3) is 12.1. The summed E-state index contributed by atoms with van der Waals surface area (Å²) in [7, 11) is 0. The Hall–Kier alpha value is -0.310. The Morgan fingerprint density at radius 3 is 1.46 bits per heavy atom. The Kier molecular flexibility index (Phi) is 13.4. The molecule has 154 valence electrons. The first-order valence-electron chi connectivity index (χ1n) is 11.6. The van der Waals surface area contributed by atoms with Crippen molar-refractivity contribution >= 4 is 17.3 Å². The fourth-order valence-corrected chi connectivity index (χ4v) is 4.42. The molecule has 0 saturated carbocycles. The van der Waals surface area contributed by atoms with E-state index in [1.165, 1.54) is 103 Å². The van der Waals surface area contributed by atoms with Gasteiger partial charge in [-0.15, -0.1) is 0 Å². The second-order valence-electron chi connectivity index (χ2n) is 9.04. The van der Waals surface area contributed by atoms with Gasteiger partial charge < -0.3 is 10.2 Å². The molecule has 3 heteroatoms. The zero-order chi connectivity index (χ0) is 19.1. The molecule has 1 heterocycles. The maximum absolute atomic E-state index is 5.41. The summed E-state index contributed by atoms with van der Waals surface area (Å²) < 4.78 is 0. The lowest BCUT2D eigenvalue weighted by atomic mass is 10.0. The minimum atomic E-state index is 0.159. The number of nitrogens with zero attached hydrogens (tertiary/aromatic N) is 1. The molecule has 0 radical (unpaired) electrons. The first-order valence-corrected chi connectivity index (χ1v) is 12.0. The highest BCUT2D eigenvalue weighted by Gasteiger charge is 2.31. The monoisotopic (exact) mass is 382 g/mol. The summed E-state index contributed by atoms with van der Waals surface area (Å²) in [4.78, 5) is 2.35. The van der Waals surface area contributed by atoms with Gasteiger partial charge in [0.25, 0.3) is 0 Å². The van der Waals surface area contributed by atoms with E-state index in [0.717, 1.165) is 18.2 Å². The summed E-state index contributed by atoms with van der Waals surface area (Å²) in [6, 6.07) is 0. The molecule has 0 unspecified atom stereocenters. The van der Waals surface area contributed by atoms with Crippen molar-refractivity contribution in [1.82, 2.24) is 10.2 Å². The molecule has 0 aromatic carbocycles. The summed E-state index contributed by atoms with van der Waals surface area (Å²) >= 11 is 5.41. The molecule has 1 saturated heterocycles.